The van der Waals surface area contributed by atoms with E-state index in [4.69, 9.17) is 18.9 Å². The van der Waals surface area contributed by atoms with Crippen molar-refractivity contribution >= 4 is 12.4 Å². The maximum Gasteiger partial charge on any atom is 0.231 e. The molecule has 0 saturated carbocycles. The lowest BCUT2D eigenvalue weighted by atomic mass is 10.2. The molecule has 24 heavy (non-hydrogen) atoms. The number of halogens is 1. The fourth-order valence-corrected chi connectivity index (χ4v) is 3.13. The molecule has 0 bridgehead atoms. The van der Waals surface area contributed by atoms with Crippen LogP contribution < -0.4 is 9.47 Å². The van der Waals surface area contributed by atoms with Crippen LogP contribution >= 0.6 is 12.4 Å². The van der Waals surface area contributed by atoms with Crippen molar-refractivity contribution < 1.29 is 24.1 Å². The van der Waals surface area contributed by atoms with Crippen LogP contribution in [-0.4, -0.2) is 61.4 Å². The van der Waals surface area contributed by atoms with Crippen molar-refractivity contribution in [1.29, 1.82) is 0 Å². The quantitative estimate of drug-likeness (QED) is 0.836. The summed E-state index contributed by atoms with van der Waals surface area (Å²) >= 11 is 0. The predicted octanol–water partition coefficient (Wildman–Crippen LogP) is 1.82. The van der Waals surface area contributed by atoms with Crippen molar-refractivity contribution in [3.8, 4) is 11.5 Å². The lowest BCUT2D eigenvalue weighted by Gasteiger charge is -2.36. The van der Waals surface area contributed by atoms with Crippen LogP contribution in [0.25, 0.3) is 0 Å². The van der Waals surface area contributed by atoms with Gasteiger partial charge in [-0.2, -0.15) is 0 Å². The molecule has 1 fully saturated rings. The number of benzene rings is 1. The molecule has 3 rings (SSSR count). The van der Waals surface area contributed by atoms with Gasteiger partial charge in [0.1, 0.15) is 0 Å². The topological polar surface area (TPSA) is 60.4 Å². The van der Waals surface area contributed by atoms with Gasteiger partial charge in [-0.15, -0.1) is 12.4 Å². The Morgan fingerprint density at radius 1 is 1.21 bits per heavy atom. The third-order valence-electron chi connectivity index (χ3n) is 3.98. The molecule has 1 aromatic carbocycles. The van der Waals surface area contributed by atoms with Crippen LogP contribution in [0, 0.1) is 0 Å². The molecule has 1 N–H and O–H groups in total. The Balaban J connectivity index is 0.00000208. The zero-order valence-corrected chi connectivity index (χ0v) is 15.0. The van der Waals surface area contributed by atoms with Gasteiger partial charge in [-0.25, -0.2) is 0 Å². The van der Waals surface area contributed by atoms with E-state index in [1.54, 1.807) is 0 Å². The highest BCUT2D eigenvalue weighted by Crippen LogP contribution is 2.32. The molecule has 1 saturated heterocycles. The summed E-state index contributed by atoms with van der Waals surface area (Å²) in [6, 6.07) is 5.75. The molecule has 0 aromatic heterocycles. The highest BCUT2D eigenvalue weighted by molar-refractivity contribution is 5.85. The first-order valence-electron chi connectivity index (χ1n) is 8.12. The molecule has 2 heterocycles. The molecule has 0 spiro atoms. The lowest BCUT2D eigenvalue weighted by Crippen LogP contribution is -2.48. The zero-order chi connectivity index (χ0) is 16.2. The second-order valence-corrected chi connectivity index (χ2v) is 6.33. The summed E-state index contributed by atoms with van der Waals surface area (Å²) in [7, 11) is 0. The third-order valence-corrected chi connectivity index (χ3v) is 3.98. The molecule has 3 unspecified atom stereocenters. The fraction of sp³-hybridized carbons (Fsp3) is 0.647. The summed E-state index contributed by atoms with van der Waals surface area (Å²) in [5.74, 6) is 1.52. The Labute approximate surface area is 149 Å². The van der Waals surface area contributed by atoms with Crippen LogP contribution in [0.1, 0.15) is 19.4 Å². The smallest absolute Gasteiger partial charge is 0.231 e. The molecule has 2 aliphatic rings. The van der Waals surface area contributed by atoms with E-state index < -0.39 is 6.10 Å². The Morgan fingerprint density at radius 2 is 1.92 bits per heavy atom. The van der Waals surface area contributed by atoms with E-state index in [0.29, 0.717) is 19.8 Å². The lowest BCUT2D eigenvalue weighted by molar-refractivity contribution is -0.0826. The van der Waals surface area contributed by atoms with Gasteiger partial charge in [0.2, 0.25) is 6.79 Å². The SMILES string of the molecule is CC1CN(CC(O)COCc2ccc3c(c2)OCO3)CC(C)O1.Cl. The molecule has 0 radical (unpaired) electrons. The number of rotatable bonds is 6. The molecule has 2 aliphatic heterocycles. The minimum absolute atomic E-state index is 0. The van der Waals surface area contributed by atoms with Gasteiger partial charge in [0.15, 0.2) is 11.5 Å². The number of nitrogens with zero attached hydrogens (tertiary/aromatic N) is 1. The number of hydrogen-bond acceptors (Lipinski definition) is 6. The number of fused-ring (bicyclic) bond motifs is 1. The number of aliphatic hydroxyl groups excluding tert-OH is 1. The average Bonchev–Trinajstić information content (AvgIpc) is 2.93. The van der Waals surface area contributed by atoms with Crippen molar-refractivity contribution in [2.75, 3.05) is 33.0 Å². The van der Waals surface area contributed by atoms with Crippen LogP contribution in [0.4, 0.5) is 0 Å². The number of β-amino-alcohol motifs (C(OH)–C–C–N with tert-alkyl or cyclic N) is 1. The van der Waals surface area contributed by atoms with Crippen molar-refractivity contribution in [3.05, 3.63) is 23.8 Å². The maximum atomic E-state index is 10.2. The van der Waals surface area contributed by atoms with E-state index in [-0.39, 0.29) is 31.4 Å². The largest absolute Gasteiger partial charge is 0.454 e. The molecular formula is C17H26ClNO5. The first-order valence-corrected chi connectivity index (χ1v) is 8.12. The second kappa shape index (κ2) is 8.87. The third kappa shape index (κ3) is 5.22. The zero-order valence-electron chi connectivity index (χ0n) is 14.1. The number of morpholine rings is 1. The van der Waals surface area contributed by atoms with Gasteiger partial charge in [-0.05, 0) is 31.5 Å². The van der Waals surface area contributed by atoms with Gasteiger partial charge < -0.3 is 24.1 Å². The van der Waals surface area contributed by atoms with Crippen LogP contribution in [0.5, 0.6) is 11.5 Å². The van der Waals surface area contributed by atoms with E-state index in [1.165, 1.54) is 0 Å². The van der Waals surface area contributed by atoms with Crippen LogP contribution in [0.15, 0.2) is 18.2 Å². The van der Waals surface area contributed by atoms with Gasteiger partial charge >= 0.3 is 0 Å². The summed E-state index contributed by atoms with van der Waals surface area (Å²) in [6.07, 6.45) is -0.0810. The first-order chi connectivity index (χ1) is 11.1. The Kier molecular flexibility index (Phi) is 7.13. The monoisotopic (exact) mass is 359 g/mol. The standard InChI is InChI=1S/C17H25NO5.ClH/c1-12-6-18(7-13(2)23-12)8-15(19)10-20-9-14-3-4-16-17(5-14)22-11-21-16;/h3-5,12-13,15,19H,6-11H2,1-2H3;1H. The minimum atomic E-state index is -0.499. The van der Waals surface area contributed by atoms with E-state index in [0.717, 1.165) is 30.2 Å². The van der Waals surface area contributed by atoms with E-state index in [1.807, 2.05) is 18.2 Å². The number of aliphatic hydroxyl groups is 1. The van der Waals surface area contributed by atoms with Crippen LogP contribution in [0.2, 0.25) is 0 Å². The average molecular weight is 360 g/mol. The summed E-state index contributed by atoms with van der Waals surface area (Å²) in [6.45, 7) is 7.47. The molecule has 136 valence electrons. The van der Waals surface area contributed by atoms with Crippen molar-refractivity contribution in [2.24, 2.45) is 0 Å². The van der Waals surface area contributed by atoms with Gasteiger partial charge in [-0.3, -0.25) is 4.90 Å². The molecule has 0 aliphatic carbocycles. The highest BCUT2D eigenvalue weighted by atomic mass is 35.5. The summed E-state index contributed by atoms with van der Waals surface area (Å²) < 4.78 is 21.9. The minimum Gasteiger partial charge on any atom is -0.454 e. The van der Waals surface area contributed by atoms with E-state index >= 15 is 0 Å². The second-order valence-electron chi connectivity index (χ2n) is 6.33. The van der Waals surface area contributed by atoms with Crippen LogP contribution in [-0.2, 0) is 16.1 Å². The van der Waals surface area contributed by atoms with Crippen LogP contribution in [0.3, 0.4) is 0 Å². The van der Waals surface area contributed by atoms with E-state index in [9.17, 15) is 5.11 Å². The van der Waals surface area contributed by atoms with Gasteiger partial charge in [-0.1, -0.05) is 6.07 Å². The van der Waals surface area contributed by atoms with Gasteiger partial charge in [0.05, 0.1) is 31.5 Å². The molecule has 7 heteroatoms. The normalized spacial score (nSPS) is 24.5. The summed E-state index contributed by atoms with van der Waals surface area (Å²) in [5.41, 5.74) is 1.01. The first kappa shape index (κ1) is 19.3. The van der Waals surface area contributed by atoms with Crippen molar-refractivity contribution in [3.63, 3.8) is 0 Å². The Morgan fingerprint density at radius 3 is 2.67 bits per heavy atom. The highest BCUT2D eigenvalue weighted by Gasteiger charge is 2.23. The molecule has 6 nitrogen and oxygen atoms in total. The predicted molar refractivity (Wildman–Crippen MR) is 91.9 cm³/mol. The Bertz CT molecular complexity index is 520. The van der Waals surface area contributed by atoms with Gasteiger partial charge in [0.25, 0.3) is 0 Å². The molecule has 3 atom stereocenters. The summed E-state index contributed by atoms with van der Waals surface area (Å²) in [5, 5.41) is 10.2. The molecular weight excluding hydrogens is 334 g/mol. The summed E-state index contributed by atoms with van der Waals surface area (Å²) in [4.78, 5) is 2.23. The van der Waals surface area contributed by atoms with Crippen molar-refractivity contribution in [1.82, 2.24) is 4.90 Å². The van der Waals surface area contributed by atoms with E-state index in [2.05, 4.69) is 18.7 Å². The Hall–Kier alpha value is -1.05. The molecule has 0 amide bonds. The number of hydrogen-bond donors (Lipinski definition) is 1. The maximum absolute atomic E-state index is 10.2. The van der Waals surface area contributed by atoms with Gasteiger partial charge in [0, 0.05) is 19.6 Å². The number of ether oxygens (including phenoxy) is 4. The molecule has 1 aromatic rings. The van der Waals surface area contributed by atoms with Crippen molar-refractivity contribution in [2.45, 2.75) is 38.8 Å². The fourth-order valence-electron chi connectivity index (χ4n) is 3.13.